The lowest BCUT2D eigenvalue weighted by Crippen LogP contribution is -2.51. The van der Waals surface area contributed by atoms with Crippen molar-refractivity contribution >= 4 is 27.4 Å². The van der Waals surface area contributed by atoms with Crippen molar-refractivity contribution in [1.29, 1.82) is 0 Å². The van der Waals surface area contributed by atoms with Gasteiger partial charge < -0.3 is 10.2 Å². The molecule has 0 radical (unpaired) electrons. The van der Waals surface area contributed by atoms with Crippen LogP contribution in [0.2, 0.25) is 0 Å². The maximum absolute atomic E-state index is 14.1. The van der Waals surface area contributed by atoms with Crippen molar-refractivity contribution in [2.24, 2.45) is 9.98 Å². The fourth-order valence-electron chi connectivity index (χ4n) is 3.04. The lowest BCUT2D eigenvalue weighted by atomic mass is 10.1. The smallest absolute Gasteiger partial charge is 0.326 e. The molecule has 0 spiro atoms. The number of aliphatic imine (C=N–C) groups is 2. The first-order chi connectivity index (χ1) is 15.5. The van der Waals surface area contributed by atoms with Crippen LogP contribution in [0.15, 0.2) is 51.3 Å². The van der Waals surface area contributed by atoms with Crippen LogP contribution in [-0.4, -0.2) is 49.1 Å². The van der Waals surface area contributed by atoms with Gasteiger partial charge in [-0.15, -0.1) is 0 Å². The minimum atomic E-state index is -4.64. The standard InChI is InChI=1S/C21H24F4N6O2S/c1-20(2,3)30-19-29-18(26-13-9-12(22)10-14(11-13)34(5,32)33)28-17(31(19)4)15-7-6-8-16(27-15)21(23,24)25/h6-11,17H,1-5H3,(H2,26,28,29,30). The van der Waals surface area contributed by atoms with E-state index < -0.39 is 39.2 Å². The van der Waals surface area contributed by atoms with Gasteiger partial charge in [-0.1, -0.05) is 6.07 Å². The van der Waals surface area contributed by atoms with E-state index in [4.69, 9.17) is 0 Å². The molecule has 3 rings (SSSR count). The highest BCUT2D eigenvalue weighted by Gasteiger charge is 2.35. The molecule has 0 amide bonds. The second-order valence-electron chi connectivity index (χ2n) is 8.71. The number of anilines is 1. The molecule has 1 aliphatic rings. The van der Waals surface area contributed by atoms with Crippen molar-refractivity contribution < 1.29 is 26.0 Å². The molecule has 2 aromatic rings. The van der Waals surface area contributed by atoms with Crippen molar-refractivity contribution in [2.45, 2.75) is 43.5 Å². The maximum Gasteiger partial charge on any atom is 0.433 e. The Bertz CT molecular complexity index is 1250. The number of benzene rings is 1. The van der Waals surface area contributed by atoms with Crippen molar-refractivity contribution in [3.8, 4) is 0 Å². The third-order valence-corrected chi connectivity index (χ3v) is 5.60. The van der Waals surface area contributed by atoms with E-state index in [9.17, 15) is 26.0 Å². The first-order valence-electron chi connectivity index (χ1n) is 10.0. The number of hydrogen-bond acceptors (Lipinski definition) is 6. The molecule has 13 heteroatoms. The molecule has 0 fully saturated rings. The summed E-state index contributed by atoms with van der Waals surface area (Å²) in [6.45, 7) is 5.49. The molecule has 184 valence electrons. The van der Waals surface area contributed by atoms with Crippen LogP contribution in [0.4, 0.5) is 23.2 Å². The highest BCUT2D eigenvalue weighted by Crippen LogP contribution is 2.30. The first kappa shape index (κ1) is 25.4. The van der Waals surface area contributed by atoms with E-state index in [1.165, 1.54) is 23.1 Å². The molecule has 0 saturated heterocycles. The van der Waals surface area contributed by atoms with E-state index in [1.807, 2.05) is 20.8 Å². The van der Waals surface area contributed by atoms with Gasteiger partial charge in [0.25, 0.3) is 0 Å². The third-order valence-electron chi connectivity index (χ3n) is 4.51. The van der Waals surface area contributed by atoms with Gasteiger partial charge in [-0.2, -0.15) is 13.2 Å². The fourth-order valence-corrected chi connectivity index (χ4v) is 3.71. The molecule has 0 bridgehead atoms. The lowest BCUT2D eigenvalue weighted by molar-refractivity contribution is -0.141. The Kier molecular flexibility index (Phi) is 6.62. The monoisotopic (exact) mass is 500 g/mol. The van der Waals surface area contributed by atoms with Crippen LogP contribution < -0.4 is 10.6 Å². The van der Waals surface area contributed by atoms with E-state index in [-0.39, 0.29) is 28.2 Å². The molecule has 1 atom stereocenters. The van der Waals surface area contributed by atoms with Gasteiger partial charge in [-0.25, -0.2) is 27.8 Å². The first-order valence-corrected chi connectivity index (χ1v) is 11.9. The zero-order valence-electron chi connectivity index (χ0n) is 19.1. The number of guanidine groups is 2. The van der Waals surface area contributed by atoms with Gasteiger partial charge in [0.05, 0.1) is 16.1 Å². The number of alkyl halides is 3. The summed E-state index contributed by atoms with van der Waals surface area (Å²) in [5, 5.41) is 5.72. The van der Waals surface area contributed by atoms with Crippen LogP contribution in [0.5, 0.6) is 0 Å². The van der Waals surface area contributed by atoms with Crippen LogP contribution in [0.25, 0.3) is 0 Å². The van der Waals surface area contributed by atoms with Crippen LogP contribution in [0.3, 0.4) is 0 Å². The second kappa shape index (κ2) is 8.85. The van der Waals surface area contributed by atoms with Crippen molar-refractivity contribution in [2.75, 3.05) is 18.6 Å². The summed E-state index contributed by atoms with van der Waals surface area (Å²) in [5.41, 5.74) is -1.55. The third kappa shape index (κ3) is 6.22. The molecule has 1 aromatic carbocycles. The van der Waals surface area contributed by atoms with Gasteiger partial charge >= 0.3 is 6.18 Å². The molecular formula is C21H24F4N6O2S. The number of nitrogens with zero attached hydrogens (tertiary/aromatic N) is 4. The molecule has 2 N–H and O–H groups in total. The SMILES string of the molecule is CN1C(=NC(C)(C)C)NC(Nc2cc(F)cc(S(C)(=O)=O)c2)=NC1c1cccc(C(F)(F)F)n1. The molecule has 0 aliphatic carbocycles. The predicted molar refractivity (Wildman–Crippen MR) is 121 cm³/mol. The minimum Gasteiger partial charge on any atom is -0.326 e. The Morgan fingerprint density at radius 1 is 1.15 bits per heavy atom. The quantitative estimate of drug-likeness (QED) is 0.622. The van der Waals surface area contributed by atoms with Gasteiger partial charge in [0.1, 0.15) is 11.5 Å². The Morgan fingerprint density at radius 3 is 2.41 bits per heavy atom. The molecule has 2 heterocycles. The van der Waals surface area contributed by atoms with Crippen LogP contribution in [0.1, 0.15) is 38.3 Å². The number of pyridine rings is 1. The Labute approximate surface area is 194 Å². The van der Waals surface area contributed by atoms with E-state index >= 15 is 0 Å². The summed E-state index contributed by atoms with van der Waals surface area (Å²) in [7, 11) is -2.10. The Hall–Kier alpha value is -3.22. The Morgan fingerprint density at radius 2 is 1.82 bits per heavy atom. The van der Waals surface area contributed by atoms with Gasteiger partial charge in [-0.3, -0.25) is 5.32 Å². The summed E-state index contributed by atoms with van der Waals surface area (Å²) in [6.07, 6.45) is -4.70. The topological polar surface area (TPSA) is 99.0 Å². The second-order valence-corrected chi connectivity index (χ2v) is 10.7. The summed E-state index contributed by atoms with van der Waals surface area (Å²) >= 11 is 0. The zero-order chi connectivity index (χ0) is 25.5. The van der Waals surface area contributed by atoms with Gasteiger partial charge in [-0.05, 0) is 51.1 Å². The zero-order valence-corrected chi connectivity index (χ0v) is 19.9. The largest absolute Gasteiger partial charge is 0.433 e. The lowest BCUT2D eigenvalue weighted by Gasteiger charge is -2.35. The molecule has 1 aromatic heterocycles. The summed E-state index contributed by atoms with van der Waals surface area (Å²) in [4.78, 5) is 13.9. The van der Waals surface area contributed by atoms with E-state index in [2.05, 4.69) is 25.6 Å². The number of halogens is 4. The Balaban J connectivity index is 2.08. The molecule has 8 nitrogen and oxygen atoms in total. The fraction of sp³-hybridized carbons (Fsp3) is 0.381. The van der Waals surface area contributed by atoms with Crippen molar-refractivity contribution in [3.05, 3.63) is 53.6 Å². The highest BCUT2D eigenvalue weighted by molar-refractivity contribution is 7.90. The van der Waals surface area contributed by atoms with E-state index in [0.29, 0.717) is 0 Å². The summed E-state index contributed by atoms with van der Waals surface area (Å²) < 4.78 is 77.5. The maximum atomic E-state index is 14.1. The molecule has 0 saturated carbocycles. The number of rotatable bonds is 3. The number of aromatic nitrogens is 1. The van der Waals surface area contributed by atoms with E-state index in [0.717, 1.165) is 24.5 Å². The van der Waals surface area contributed by atoms with Crippen molar-refractivity contribution in [3.63, 3.8) is 0 Å². The van der Waals surface area contributed by atoms with E-state index in [1.54, 1.807) is 7.05 Å². The highest BCUT2D eigenvalue weighted by atomic mass is 32.2. The van der Waals surface area contributed by atoms with Gasteiger partial charge in [0.2, 0.25) is 11.9 Å². The number of nitrogens with one attached hydrogen (secondary N) is 2. The predicted octanol–water partition coefficient (Wildman–Crippen LogP) is 3.80. The minimum absolute atomic E-state index is 0.0100. The normalized spacial score (nSPS) is 18.5. The average Bonchev–Trinajstić information content (AvgIpc) is 2.67. The van der Waals surface area contributed by atoms with Crippen LogP contribution in [-0.2, 0) is 16.0 Å². The average molecular weight is 501 g/mol. The number of sulfone groups is 1. The van der Waals surface area contributed by atoms with Gasteiger partial charge in [0.15, 0.2) is 16.0 Å². The summed E-state index contributed by atoms with van der Waals surface area (Å²) in [6, 6.07) is 6.66. The summed E-state index contributed by atoms with van der Waals surface area (Å²) in [5.74, 6) is -0.497. The number of hydrogen-bond donors (Lipinski definition) is 2. The van der Waals surface area contributed by atoms with Gasteiger partial charge in [0, 0.05) is 19.0 Å². The van der Waals surface area contributed by atoms with Crippen LogP contribution >= 0.6 is 0 Å². The molecule has 1 aliphatic heterocycles. The molecule has 1 unspecified atom stereocenters. The molecule has 34 heavy (non-hydrogen) atoms. The van der Waals surface area contributed by atoms with Crippen molar-refractivity contribution in [1.82, 2.24) is 15.2 Å². The van der Waals surface area contributed by atoms with Crippen LogP contribution in [0, 0.1) is 5.82 Å². The molecular weight excluding hydrogens is 476 g/mol.